The maximum Gasteiger partial charge on any atom is 0.407 e. The van der Waals surface area contributed by atoms with Crippen LogP contribution in [0.2, 0.25) is 0 Å². The number of nitrogens with one attached hydrogen (secondary N) is 2. The van der Waals surface area contributed by atoms with Gasteiger partial charge in [0.1, 0.15) is 0 Å². The third-order valence-electron chi connectivity index (χ3n) is 4.49. The summed E-state index contributed by atoms with van der Waals surface area (Å²) in [6, 6.07) is 5.64. The molecule has 1 aliphatic rings. The summed E-state index contributed by atoms with van der Waals surface area (Å²) in [5, 5.41) is 9.74. The van der Waals surface area contributed by atoms with Crippen molar-refractivity contribution in [2.45, 2.75) is 52.3 Å². The van der Waals surface area contributed by atoms with Gasteiger partial charge in [0.15, 0.2) is 0 Å². The molecule has 0 saturated heterocycles. The molecular formula is C19H24N4O3. The second-order valence-electron chi connectivity index (χ2n) is 6.89. The lowest BCUT2D eigenvalue weighted by molar-refractivity contribution is -0.117. The SMILES string of the molecule is CC(=O)N1c2ccc(-c3cn[nH]c3)cc2[C@@H](NC(=O)OC(C)C)C[C@H]1C. The molecule has 2 atom stereocenters. The summed E-state index contributed by atoms with van der Waals surface area (Å²) in [4.78, 5) is 26.1. The minimum Gasteiger partial charge on any atom is -0.447 e. The van der Waals surface area contributed by atoms with Crippen molar-refractivity contribution >= 4 is 17.7 Å². The molecule has 0 unspecified atom stereocenters. The molecule has 7 heteroatoms. The zero-order valence-corrected chi connectivity index (χ0v) is 15.4. The van der Waals surface area contributed by atoms with E-state index in [1.807, 2.05) is 45.2 Å². The van der Waals surface area contributed by atoms with Crippen LogP contribution in [0.3, 0.4) is 0 Å². The zero-order valence-electron chi connectivity index (χ0n) is 15.4. The Labute approximate surface area is 152 Å². The molecule has 2 aromatic rings. The van der Waals surface area contributed by atoms with Gasteiger partial charge < -0.3 is 15.0 Å². The van der Waals surface area contributed by atoms with Crippen LogP contribution in [0.4, 0.5) is 10.5 Å². The summed E-state index contributed by atoms with van der Waals surface area (Å²) in [6.45, 7) is 7.17. The number of anilines is 1. The van der Waals surface area contributed by atoms with Crippen LogP contribution in [-0.2, 0) is 9.53 Å². The predicted molar refractivity (Wildman–Crippen MR) is 98.8 cm³/mol. The molecule has 3 rings (SSSR count). The Morgan fingerprint density at radius 3 is 2.73 bits per heavy atom. The third-order valence-corrected chi connectivity index (χ3v) is 4.49. The largest absolute Gasteiger partial charge is 0.447 e. The first-order valence-corrected chi connectivity index (χ1v) is 8.77. The molecule has 2 heterocycles. The Bertz CT molecular complexity index is 801. The fourth-order valence-corrected chi connectivity index (χ4v) is 3.46. The van der Waals surface area contributed by atoms with E-state index >= 15 is 0 Å². The number of aromatic amines is 1. The van der Waals surface area contributed by atoms with Crippen molar-refractivity contribution in [3.8, 4) is 11.1 Å². The second-order valence-corrected chi connectivity index (χ2v) is 6.89. The lowest BCUT2D eigenvalue weighted by Crippen LogP contribution is -2.45. The summed E-state index contributed by atoms with van der Waals surface area (Å²) in [7, 11) is 0. The number of benzene rings is 1. The molecule has 0 spiro atoms. The van der Waals surface area contributed by atoms with Crippen molar-refractivity contribution in [2.75, 3.05) is 4.90 Å². The molecule has 2 N–H and O–H groups in total. The Morgan fingerprint density at radius 2 is 2.12 bits per heavy atom. The van der Waals surface area contributed by atoms with Gasteiger partial charge in [-0.2, -0.15) is 5.10 Å². The minimum absolute atomic E-state index is 0.0157. The van der Waals surface area contributed by atoms with Gasteiger partial charge in [-0.1, -0.05) is 6.07 Å². The summed E-state index contributed by atoms with van der Waals surface area (Å²) >= 11 is 0. The van der Waals surface area contributed by atoms with Gasteiger partial charge >= 0.3 is 6.09 Å². The van der Waals surface area contributed by atoms with Crippen LogP contribution in [0.15, 0.2) is 30.6 Å². The fourth-order valence-electron chi connectivity index (χ4n) is 3.46. The summed E-state index contributed by atoms with van der Waals surface area (Å²) in [6.07, 6.45) is 3.53. The van der Waals surface area contributed by atoms with Gasteiger partial charge in [-0.15, -0.1) is 0 Å². The smallest absolute Gasteiger partial charge is 0.407 e. The molecule has 1 aromatic carbocycles. The molecule has 0 fully saturated rings. The highest BCUT2D eigenvalue weighted by Gasteiger charge is 2.33. The third kappa shape index (κ3) is 3.56. The van der Waals surface area contributed by atoms with E-state index in [0.717, 1.165) is 22.4 Å². The Morgan fingerprint density at radius 1 is 1.35 bits per heavy atom. The maximum atomic E-state index is 12.2. The highest BCUT2D eigenvalue weighted by Crippen LogP contribution is 2.39. The highest BCUT2D eigenvalue weighted by molar-refractivity contribution is 5.94. The van der Waals surface area contributed by atoms with Gasteiger partial charge in [0.2, 0.25) is 5.91 Å². The quantitative estimate of drug-likeness (QED) is 0.882. The number of rotatable bonds is 3. The number of amides is 2. The summed E-state index contributed by atoms with van der Waals surface area (Å²) in [5.41, 5.74) is 3.64. The van der Waals surface area contributed by atoms with Crippen molar-refractivity contribution < 1.29 is 14.3 Å². The number of nitrogens with zero attached hydrogens (tertiary/aromatic N) is 2. The number of fused-ring (bicyclic) bond motifs is 1. The number of alkyl carbamates (subject to hydrolysis) is 1. The van der Waals surface area contributed by atoms with Gasteiger partial charge in [-0.25, -0.2) is 4.79 Å². The Balaban J connectivity index is 2.00. The number of aromatic nitrogens is 2. The number of ether oxygens (including phenoxy) is 1. The number of H-pyrrole nitrogens is 1. The normalized spacial score (nSPS) is 19.2. The van der Waals surface area contributed by atoms with Crippen LogP contribution in [0.5, 0.6) is 0 Å². The average molecular weight is 356 g/mol. The van der Waals surface area contributed by atoms with Crippen molar-refractivity contribution in [3.05, 3.63) is 36.2 Å². The Hall–Kier alpha value is -2.83. The fraction of sp³-hybridized carbons (Fsp3) is 0.421. The molecular weight excluding hydrogens is 332 g/mol. The van der Waals surface area contributed by atoms with E-state index < -0.39 is 6.09 Å². The van der Waals surface area contributed by atoms with Crippen LogP contribution in [0, 0.1) is 0 Å². The molecule has 0 radical (unpaired) electrons. The predicted octanol–water partition coefficient (Wildman–Crippen LogP) is 3.40. The van der Waals surface area contributed by atoms with Crippen LogP contribution < -0.4 is 10.2 Å². The molecule has 7 nitrogen and oxygen atoms in total. The van der Waals surface area contributed by atoms with Gasteiger partial charge in [-0.05, 0) is 50.5 Å². The highest BCUT2D eigenvalue weighted by atomic mass is 16.6. The number of hydrogen-bond acceptors (Lipinski definition) is 4. The van der Waals surface area contributed by atoms with E-state index in [1.54, 1.807) is 18.0 Å². The first-order chi connectivity index (χ1) is 12.4. The zero-order chi connectivity index (χ0) is 18.8. The van der Waals surface area contributed by atoms with Crippen LogP contribution in [-0.4, -0.2) is 34.3 Å². The van der Waals surface area contributed by atoms with Crippen molar-refractivity contribution in [1.29, 1.82) is 0 Å². The standard InChI is InChI=1S/C19H24N4O3/c1-11(2)26-19(25)22-17-7-12(3)23(13(4)24)18-6-5-14(8-16(17)18)15-9-20-21-10-15/h5-6,8-12,17H,7H2,1-4H3,(H,20,21)(H,22,25)/t12-,17+/m1/s1. The monoisotopic (exact) mass is 356 g/mol. The van der Waals surface area contributed by atoms with Crippen molar-refractivity contribution in [1.82, 2.24) is 15.5 Å². The molecule has 1 aromatic heterocycles. The van der Waals surface area contributed by atoms with E-state index in [-0.39, 0.29) is 24.1 Å². The van der Waals surface area contributed by atoms with E-state index in [4.69, 9.17) is 4.74 Å². The molecule has 0 saturated carbocycles. The second kappa shape index (κ2) is 7.19. The number of hydrogen-bond donors (Lipinski definition) is 2. The van der Waals surface area contributed by atoms with E-state index in [9.17, 15) is 9.59 Å². The van der Waals surface area contributed by atoms with Crippen LogP contribution in [0.1, 0.15) is 45.7 Å². The van der Waals surface area contributed by atoms with E-state index in [1.165, 1.54) is 0 Å². The molecule has 0 bridgehead atoms. The molecule has 0 aliphatic carbocycles. The van der Waals surface area contributed by atoms with Crippen molar-refractivity contribution in [3.63, 3.8) is 0 Å². The van der Waals surface area contributed by atoms with E-state index in [0.29, 0.717) is 6.42 Å². The molecule has 2 amide bonds. The van der Waals surface area contributed by atoms with E-state index in [2.05, 4.69) is 15.5 Å². The molecule has 26 heavy (non-hydrogen) atoms. The minimum atomic E-state index is -0.451. The summed E-state index contributed by atoms with van der Waals surface area (Å²) < 4.78 is 5.23. The summed E-state index contributed by atoms with van der Waals surface area (Å²) in [5.74, 6) is -0.0157. The Kier molecular flexibility index (Phi) is 4.97. The van der Waals surface area contributed by atoms with Crippen molar-refractivity contribution in [2.24, 2.45) is 0 Å². The van der Waals surface area contributed by atoms with Gasteiger partial charge in [0.05, 0.1) is 18.3 Å². The number of carbonyl (C=O) groups is 2. The van der Waals surface area contributed by atoms with Crippen LogP contribution >= 0.6 is 0 Å². The van der Waals surface area contributed by atoms with Gasteiger partial charge in [-0.3, -0.25) is 9.89 Å². The topological polar surface area (TPSA) is 87.3 Å². The lowest BCUT2D eigenvalue weighted by atomic mass is 9.89. The first kappa shape index (κ1) is 18.0. The average Bonchev–Trinajstić information content (AvgIpc) is 3.07. The first-order valence-electron chi connectivity index (χ1n) is 8.77. The van der Waals surface area contributed by atoms with Crippen LogP contribution in [0.25, 0.3) is 11.1 Å². The molecule has 138 valence electrons. The maximum absolute atomic E-state index is 12.2. The number of carbonyl (C=O) groups excluding carboxylic acids is 2. The molecule has 1 aliphatic heterocycles. The van der Waals surface area contributed by atoms with Gasteiger partial charge in [0.25, 0.3) is 0 Å². The lowest BCUT2D eigenvalue weighted by Gasteiger charge is -2.39. The van der Waals surface area contributed by atoms with Gasteiger partial charge in [0, 0.05) is 30.4 Å².